The van der Waals surface area contributed by atoms with Crippen molar-refractivity contribution < 1.29 is 4.74 Å². The van der Waals surface area contributed by atoms with Crippen LogP contribution in [0.2, 0.25) is 0 Å². The molecule has 10 nitrogen and oxygen atoms in total. The number of nitrogens with zero attached hydrogens (tertiary/aromatic N) is 7. The lowest BCUT2D eigenvalue weighted by Crippen LogP contribution is -2.35. The van der Waals surface area contributed by atoms with E-state index in [1.807, 2.05) is 23.3 Å². The molecule has 0 atom stereocenters. The van der Waals surface area contributed by atoms with Gasteiger partial charge in [-0.3, -0.25) is 5.43 Å². The first-order valence-electron chi connectivity index (χ1n) is 6.66. The number of ether oxygens (including phenoxy) is 1. The number of fused-ring (bicyclic) bond motifs is 1. The van der Waals surface area contributed by atoms with Crippen molar-refractivity contribution in [3.05, 3.63) is 12.2 Å². The van der Waals surface area contributed by atoms with Gasteiger partial charge in [0.05, 0.1) is 12.6 Å². The van der Waals surface area contributed by atoms with Crippen LogP contribution in [0.1, 0.15) is 19.7 Å². The Labute approximate surface area is 121 Å². The molecule has 1 aliphatic heterocycles. The molecule has 0 amide bonds. The zero-order chi connectivity index (χ0) is 14.8. The lowest BCUT2D eigenvalue weighted by molar-refractivity contribution is 0.222. The van der Waals surface area contributed by atoms with Crippen LogP contribution in [-0.2, 0) is 13.1 Å². The SMILES string of the molecule is CC(C)Oc1nc(NN)nc(N2CCn3cnnc3C2)n1. The summed E-state index contributed by atoms with van der Waals surface area (Å²) in [6, 6.07) is 0.245. The van der Waals surface area contributed by atoms with Crippen LogP contribution >= 0.6 is 0 Å². The van der Waals surface area contributed by atoms with Gasteiger partial charge in [0.15, 0.2) is 5.82 Å². The van der Waals surface area contributed by atoms with Gasteiger partial charge in [-0.1, -0.05) is 0 Å². The van der Waals surface area contributed by atoms with Crippen molar-refractivity contribution >= 4 is 11.9 Å². The maximum Gasteiger partial charge on any atom is 0.323 e. The summed E-state index contributed by atoms with van der Waals surface area (Å²) >= 11 is 0. The number of hydrazine groups is 1. The van der Waals surface area contributed by atoms with E-state index in [1.165, 1.54) is 0 Å². The molecule has 3 N–H and O–H groups in total. The summed E-state index contributed by atoms with van der Waals surface area (Å²) in [7, 11) is 0. The van der Waals surface area contributed by atoms with E-state index in [1.54, 1.807) is 6.33 Å². The number of hydrogen-bond acceptors (Lipinski definition) is 9. The third-order valence-electron chi connectivity index (χ3n) is 2.99. The van der Waals surface area contributed by atoms with Gasteiger partial charge in [0.2, 0.25) is 11.9 Å². The minimum Gasteiger partial charge on any atom is -0.461 e. The molecule has 1 aliphatic rings. The molecule has 0 saturated carbocycles. The highest BCUT2D eigenvalue weighted by Crippen LogP contribution is 2.19. The van der Waals surface area contributed by atoms with Crippen LogP contribution in [0.5, 0.6) is 6.01 Å². The van der Waals surface area contributed by atoms with Crippen molar-refractivity contribution in [2.45, 2.75) is 33.0 Å². The second-order valence-electron chi connectivity index (χ2n) is 4.91. The summed E-state index contributed by atoms with van der Waals surface area (Å²) in [5.74, 6) is 7.04. The number of aromatic nitrogens is 6. The van der Waals surface area contributed by atoms with Crippen LogP contribution in [-0.4, -0.2) is 42.4 Å². The molecule has 21 heavy (non-hydrogen) atoms. The normalized spacial score (nSPS) is 14.2. The average Bonchev–Trinajstić information content (AvgIpc) is 2.93. The van der Waals surface area contributed by atoms with Crippen molar-refractivity contribution in [1.82, 2.24) is 29.7 Å². The fourth-order valence-corrected chi connectivity index (χ4v) is 2.05. The number of nitrogens with one attached hydrogen (secondary N) is 1. The molecule has 112 valence electrons. The molecule has 3 rings (SSSR count). The van der Waals surface area contributed by atoms with Crippen LogP contribution in [0.15, 0.2) is 6.33 Å². The number of nitrogens with two attached hydrogens (primary N) is 1. The second-order valence-corrected chi connectivity index (χ2v) is 4.91. The molecular weight excluding hydrogens is 274 g/mol. The molecule has 2 aromatic rings. The average molecular weight is 291 g/mol. The van der Waals surface area contributed by atoms with Crippen LogP contribution in [0, 0.1) is 0 Å². The lowest BCUT2D eigenvalue weighted by atomic mass is 10.4. The molecule has 0 aromatic carbocycles. The van der Waals surface area contributed by atoms with Gasteiger partial charge < -0.3 is 14.2 Å². The monoisotopic (exact) mass is 291 g/mol. The molecule has 2 aromatic heterocycles. The number of rotatable bonds is 4. The molecule has 10 heteroatoms. The van der Waals surface area contributed by atoms with Gasteiger partial charge in [0.1, 0.15) is 6.33 Å². The first-order valence-corrected chi connectivity index (χ1v) is 6.66. The highest BCUT2D eigenvalue weighted by molar-refractivity contribution is 5.38. The predicted molar refractivity (Wildman–Crippen MR) is 74.5 cm³/mol. The summed E-state index contributed by atoms with van der Waals surface area (Å²) in [5, 5.41) is 7.97. The lowest BCUT2D eigenvalue weighted by Gasteiger charge is -2.27. The second kappa shape index (κ2) is 5.48. The summed E-state index contributed by atoms with van der Waals surface area (Å²) in [6.07, 6.45) is 1.69. The molecule has 0 bridgehead atoms. The van der Waals surface area contributed by atoms with Crippen molar-refractivity contribution in [2.24, 2.45) is 5.84 Å². The molecule has 0 unspecified atom stereocenters. The highest BCUT2D eigenvalue weighted by atomic mass is 16.5. The maximum absolute atomic E-state index is 5.53. The summed E-state index contributed by atoms with van der Waals surface area (Å²) < 4.78 is 7.53. The van der Waals surface area contributed by atoms with E-state index >= 15 is 0 Å². The minimum atomic E-state index is -0.0321. The smallest absolute Gasteiger partial charge is 0.323 e. The van der Waals surface area contributed by atoms with Gasteiger partial charge in [0.25, 0.3) is 0 Å². The zero-order valence-electron chi connectivity index (χ0n) is 11.9. The standard InChI is InChI=1S/C11H17N9O/c1-7(2)21-11-15-9(17-12)14-10(16-11)19-3-4-20-6-13-18-8(20)5-19/h6-7H,3-5,12H2,1-2H3,(H,14,15,16,17). The molecule has 3 heterocycles. The van der Waals surface area contributed by atoms with Gasteiger partial charge in [-0.25, -0.2) is 5.84 Å². The van der Waals surface area contributed by atoms with E-state index in [0.717, 1.165) is 18.9 Å². The van der Waals surface area contributed by atoms with Gasteiger partial charge in [0, 0.05) is 13.1 Å². The van der Waals surface area contributed by atoms with Crippen LogP contribution < -0.4 is 20.9 Å². The topological polar surface area (TPSA) is 120 Å². The van der Waals surface area contributed by atoms with Gasteiger partial charge >= 0.3 is 6.01 Å². The largest absolute Gasteiger partial charge is 0.461 e. The Morgan fingerprint density at radius 1 is 1.29 bits per heavy atom. The van der Waals surface area contributed by atoms with Gasteiger partial charge in [-0.05, 0) is 13.8 Å². The Bertz CT molecular complexity index is 626. The Morgan fingerprint density at radius 2 is 2.14 bits per heavy atom. The van der Waals surface area contributed by atoms with Crippen molar-refractivity contribution in [3.63, 3.8) is 0 Å². The minimum absolute atomic E-state index is 0.0321. The van der Waals surface area contributed by atoms with Crippen LogP contribution in [0.3, 0.4) is 0 Å². The highest BCUT2D eigenvalue weighted by Gasteiger charge is 2.21. The van der Waals surface area contributed by atoms with E-state index in [4.69, 9.17) is 10.6 Å². The Kier molecular flexibility index (Phi) is 3.52. The summed E-state index contributed by atoms with van der Waals surface area (Å²) in [5.41, 5.74) is 2.43. The van der Waals surface area contributed by atoms with E-state index in [-0.39, 0.29) is 18.1 Å². The van der Waals surface area contributed by atoms with Crippen molar-refractivity contribution in [3.8, 4) is 6.01 Å². The molecule has 0 spiro atoms. The van der Waals surface area contributed by atoms with Crippen LogP contribution in [0.4, 0.5) is 11.9 Å². The van der Waals surface area contributed by atoms with E-state index < -0.39 is 0 Å². The van der Waals surface area contributed by atoms with Crippen LogP contribution in [0.25, 0.3) is 0 Å². The quantitative estimate of drug-likeness (QED) is 0.570. The third kappa shape index (κ3) is 2.84. The molecule has 0 aliphatic carbocycles. The summed E-state index contributed by atoms with van der Waals surface area (Å²) in [4.78, 5) is 14.7. The fourth-order valence-electron chi connectivity index (χ4n) is 2.05. The Morgan fingerprint density at radius 3 is 2.90 bits per heavy atom. The van der Waals surface area contributed by atoms with Gasteiger partial charge in [-0.2, -0.15) is 15.0 Å². The third-order valence-corrected chi connectivity index (χ3v) is 2.99. The number of anilines is 2. The Hall–Kier alpha value is -2.49. The van der Waals surface area contributed by atoms with E-state index in [0.29, 0.717) is 12.5 Å². The molecule has 0 radical (unpaired) electrons. The Balaban J connectivity index is 1.87. The predicted octanol–water partition coefficient (Wildman–Crippen LogP) is -0.444. The molecular formula is C11H17N9O. The zero-order valence-corrected chi connectivity index (χ0v) is 11.9. The molecule has 0 saturated heterocycles. The van der Waals surface area contributed by atoms with Crippen molar-refractivity contribution in [1.29, 1.82) is 0 Å². The number of nitrogen functional groups attached to an aromatic ring is 1. The van der Waals surface area contributed by atoms with E-state index in [9.17, 15) is 0 Å². The van der Waals surface area contributed by atoms with Crippen molar-refractivity contribution in [2.75, 3.05) is 16.9 Å². The molecule has 0 fully saturated rings. The fraction of sp³-hybridized carbons (Fsp3) is 0.545. The summed E-state index contributed by atoms with van der Waals surface area (Å²) in [6.45, 7) is 5.92. The van der Waals surface area contributed by atoms with E-state index in [2.05, 4.69) is 30.6 Å². The maximum atomic E-state index is 5.53. The number of hydrogen-bond donors (Lipinski definition) is 2. The first-order chi connectivity index (χ1) is 10.2. The van der Waals surface area contributed by atoms with Gasteiger partial charge in [-0.15, -0.1) is 10.2 Å². The first kappa shape index (κ1) is 13.5.